The third-order valence-corrected chi connectivity index (χ3v) is 2.14. The Balaban J connectivity index is 2.63. The van der Waals surface area contributed by atoms with Gasteiger partial charge in [0.2, 0.25) is 6.23 Å². The lowest BCUT2D eigenvalue weighted by Gasteiger charge is -2.35. The molecular formula is C6H14NO5+. The van der Waals surface area contributed by atoms with Crippen molar-refractivity contribution in [2.45, 2.75) is 30.6 Å². The maximum atomic E-state index is 9.21. The van der Waals surface area contributed by atoms with E-state index < -0.39 is 30.6 Å². The van der Waals surface area contributed by atoms with Crippen LogP contribution in [0.3, 0.4) is 0 Å². The average Bonchev–Trinajstić information content (AvgIpc) is 2.08. The van der Waals surface area contributed by atoms with Gasteiger partial charge < -0.3 is 30.8 Å². The van der Waals surface area contributed by atoms with Gasteiger partial charge in [-0.15, -0.1) is 0 Å². The maximum absolute atomic E-state index is 9.21. The molecule has 1 aliphatic rings. The van der Waals surface area contributed by atoms with Gasteiger partial charge in [-0.25, -0.2) is 0 Å². The molecule has 0 aliphatic carbocycles. The van der Waals surface area contributed by atoms with Crippen LogP contribution >= 0.6 is 0 Å². The number of nitrogens with two attached hydrogens (primary N) is 1. The lowest BCUT2D eigenvalue weighted by Crippen LogP contribution is -3.03. The van der Waals surface area contributed by atoms with E-state index in [0.717, 1.165) is 0 Å². The summed E-state index contributed by atoms with van der Waals surface area (Å²) >= 11 is 0. The van der Waals surface area contributed by atoms with Gasteiger partial charge in [-0.05, 0) is 0 Å². The van der Waals surface area contributed by atoms with Crippen molar-refractivity contribution >= 4 is 0 Å². The van der Waals surface area contributed by atoms with Crippen molar-refractivity contribution < 1.29 is 30.8 Å². The van der Waals surface area contributed by atoms with Crippen molar-refractivity contribution in [3.05, 3.63) is 0 Å². The van der Waals surface area contributed by atoms with Crippen LogP contribution in [0.15, 0.2) is 0 Å². The summed E-state index contributed by atoms with van der Waals surface area (Å²) in [5.41, 5.74) is 0. The minimum atomic E-state index is -1.40. The van der Waals surface area contributed by atoms with Crippen LogP contribution < -0.4 is 5.32 Å². The molecular weight excluding hydrogens is 166 g/mol. The van der Waals surface area contributed by atoms with Crippen molar-refractivity contribution in [1.29, 1.82) is 0 Å². The first-order valence-electron chi connectivity index (χ1n) is 3.76. The highest BCUT2D eigenvalue weighted by molar-refractivity contribution is 4.84. The summed E-state index contributed by atoms with van der Waals surface area (Å²) in [6, 6.07) is -0.682. The fourth-order valence-corrected chi connectivity index (χ4v) is 1.31. The lowest BCUT2D eigenvalue weighted by molar-refractivity contribution is -0.779. The number of hydrogen-bond acceptors (Lipinski definition) is 5. The molecule has 0 amide bonds. The molecule has 6 heteroatoms. The normalized spacial score (nSPS) is 49.2. The summed E-state index contributed by atoms with van der Waals surface area (Å²) in [6.07, 6.45) is -5.18. The Morgan fingerprint density at radius 3 is 2.00 bits per heavy atom. The van der Waals surface area contributed by atoms with Gasteiger partial charge >= 0.3 is 0 Å². The van der Waals surface area contributed by atoms with Gasteiger partial charge in [0.05, 0.1) is 6.61 Å². The van der Waals surface area contributed by atoms with E-state index >= 15 is 0 Å². The zero-order valence-corrected chi connectivity index (χ0v) is 6.41. The first-order valence-corrected chi connectivity index (χ1v) is 3.76. The molecule has 72 valence electrons. The summed E-state index contributed by atoms with van der Waals surface area (Å²) in [7, 11) is 0. The summed E-state index contributed by atoms with van der Waals surface area (Å²) in [5.74, 6) is 0. The summed E-state index contributed by atoms with van der Waals surface area (Å²) < 4.78 is 0. The molecule has 1 aliphatic heterocycles. The van der Waals surface area contributed by atoms with Gasteiger partial charge in [-0.3, -0.25) is 0 Å². The third kappa shape index (κ3) is 1.58. The van der Waals surface area contributed by atoms with Crippen LogP contribution in [0.4, 0.5) is 0 Å². The SMILES string of the molecule is OC[C@H]1[NH2+]C(O)[C@H](O)[C@@H](O)[C@@H]1O. The summed E-state index contributed by atoms with van der Waals surface area (Å²) in [5, 5.41) is 46.4. The van der Waals surface area contributed by atoms with Crippen molar-refractivity contribution in [3.8, 4) is 0 Å². The molecule has 0 saturated carbocycles. The predicted octanol–water partition coefficient (Wildman–Crippen LogP) is -4.67. The van der Waals surface area contributed by atoms with Crippen LogP contribution in [0.5, 0.6) is 0 Å². The highest BCUT2D eigenvalue weighted by Gasteiger charge is 2.44. The predicted molar refractivity (Wildman–Crippen MR) is 36.8 cm³/mol. The number of aliphatic hydroxyl groups is 5. The monoisotopic (exact) mass is 180 g/mol. The van der Waals surface area contributed by atoms with Crippen molar-refractivity contribution in [2.75, 3.05) is 6.61 Å². The Kier molecular flexibility index (Phi) is 2.99. The smallest absolute Gasteiger partial charge is 0.217 e. The topological polar surface area (TPSA) is 118 Å². The zero-order valence-electron chi connectivity index (χ0n) is 6.41. The zero-order chi connectivity index (χ0) is 9.30. The van der Waals surface area contributed by atoms with Gasteiger partial charge in [0.25, 0.3) is 0 Å². The molecule has 0 aromatic heterocycles. The van der Waals surface area contributed by atoms with E-state index in [2.05, 4.69) is 0 Å². The molecule has 1 rings (SSSR count). The highest BCUT2D eigenvalue weighted by Crippen LogP contribution is 2.08. The fourth-order valence-electron chi connectivity index (χ4n) is 1.31. The van der Waals surface area contributed by atoms with E-state index in [1.165, 1.54) is 5.32 Å². The molecule has 0 bridgehead atoms. The van der Waals surface area contributed by atoms with Crippen LogP contribution in [0.1, 0.15) is 0 Å². The minimum absolute atomic E-state index is 0.359. The first kappa shape index (κ1) is 9.85. The van der Waals surface area contributed by atoms with Gasteiger partial charge in [0.15, 0.2) is 6.10 Å². The van der Waals surface area contributed by atoms with E-state index in [4.69, 9.17) is 20.4 Å². The van der Waals surface area contributed by atoms with Crippen LogP contribution in [0.25, 0.3) is 0 Å². The average molecular weight is 180 g/mol. The maximum Gasteiger partial charge on any atom is 0.217 e. The Bertz CT molecular complexity index is 150. The second-order valence-electron chi connectivity index (χ2n) is 3.00. The van der Waals surface area contributed by atoms with Gasteiger partial charge in [-0.1, -0.05) is 0 Å². The van der Waals surface area contributed by atoms with Crippen LogP contribution in [0.2, 0.25) is 0 Å². The summed E-state index contributed by atoms with van der Waals surface area (Å²) in [6.45, 7) is -0.359. The molecule has 1 saturated heterocycles. The standard InChI is InChI=1S/C6H13NO5/c8-1-2-3(9)4(10)5(11)6(12)7-2/h2-12H,1H2/p+1/t2-,3-,4+,5-,6?/m1/s1. The summed E-state index contributed by atoms with van der Waals surface area (Å²) in [4.78, 5) is 0. The molecule has 6 nitrogen and oxygen atoms in total. The number of aliphatic hydroxyl groups excluding tert-OH is 5. The molecule has 1 fully saturated rings. The van der Waals surface area contributed by atoms with Crippen LogP contribution in [-0.2, 0) is 0 Å². The highest BCUT2D eigenvalue weighted by atomic mass is 16.4. The minimum Gasteiger partial charge on any atom is -0.390 e. The molecule has 7 N–H and O–H groups in total. The van der Waals surface area contributed by atoms with Crippen LogP contribution in [0, 0.1) is 0 Å². The Labute approximate surface area is 69.1 Å². The Morgan fingerprint density at radius 1 is 0.917 bits per heavy atom. The quantitative estimate of drug-likeness (QED) is 0.242. The number of quaternary nitrogens is 1. The second kappa shape index (κ2) is 3.65. The first-order chi connectivity index (χ1) is 5.57. The van der Waals surface area contributed by atoms with E-state index in [1.54, 1.807) is 0 Å². The van der Waals surface area contributed by atoms with Gasteiger partial charge in [-0.2, -0.15) is 0 Å². The molecule has 0 spiro atoms. The molecule has 0 aromatic carbocycles. The molecule has 0 radical (unpaired) electrons. The number of rotatable bonds is 1. The van der Waals surface area contributed by atoms with E-state index in [-0.39, 0.29) is 6.61 Å². The van der Waals surface area contributed by atoms with Crippen molar-refractivity contribution in [1.82, 2.24) is 0 Å². The van der Waals surface area contributed by atoms with E-state index in [1.807, 2.05) is 0 Å². The van der Waals surface area contributed by atoms with Crippen LogP contribution in [-0.4, -0.2) is 62.7 Å². The Morgan fingerprint density at radius 2 is 1.50 bits per heavy atom. The van der Waals surface area contributed by atoms with Crippen molar-refractivity contribution in [3.63, 3.8) is 0 Å². The molecule has 1 unspecified atom stereocenters. The van der Waals surface area contributed by atoms with Gasteiger partial charge in [0.1, 0.15) is 18.2 Å². The lowest BCUT2D eigenvalue weighted by atomic mass is 9.95. The van der Waals surface area contributed by atoms with E-state index in [9.17, 15) is 5.11 Å². The largest absolute Gasteiger partial charge is 0.390 e. The molecule has 12 heavy (non-hydrogen) atoms. The number of hydrogen-bond donors (Lipinski definition) is 6. The number of piperidine rings is 1. The van der Waals surface area contributed by atoms with E-state index in [0.29, 0.717) is 0 Å². The molecule has 0 aromatic rings. The Hall–Kier alpha value is -0.240. The fraction of sp³-hybridized carbons (Fsp3) is 1.00. The van der Waals surface area contributed by atoms with Crippen molar-refractivity contribution in [2.24, 2.45) is 0 Å². The molecule has 1 heterocycles. The third-order valence-electron chi connectivity index (χ3n) is 2.14. The van der Waals surface area contributed by atoms with Gasteiger partial charge in [0, 0.05) is 0 Å². The second-order valence-corrected chi connectivity index (χ2v) is 3.00. The molecule has 5 atom stereocenters.